The zero-order chi connectivity index (χ0) is 10.7. The third-order valence-corrected chi connectivity index (χ3v) is 1.99. The molecular weight excluding hydrogens is 184 g/mol. The number of hydrogen-bond acceptors (Lipinski definition) is 4. The van der Waals surface area contributed by atoms with Gasteiger partial charge in [-0.05, 0) is 12.5 Å². The van der Waals surface area contributed by atoms with Crippen molar-refractivity contribution in [1.29, 1.82) is 0 Å². The Bertz CT molecular complexity index is 339. The summed E-state index contributed by atoms with van der Waals surface area (Å²) in [7, 11) is 0. The van der Waals surface area contributed by atoms with Crippen LogP contribution in [0, 0.1) is 10.1 Å². The van der Waals surface area contributed by atoms with Crippen LogP contribution in [0.25, 0.3) is 0 Å². The average molecular weight is 196 g/mol. The van der Waals surface area contributed by atoms with Crippen LogP contribution in [0.5, 0.6) is 0 Å². The number of nitrogens with two attached hydrogens (primary N) is 1. The molecule has 0 saturated carbocycles. The van der Waals surface area contributed by atoms with Crippen LogP contribution < -0.4 is 5.73 Å². The highest BCUT2D eigenvalue weighted by Crippen LogP contribution is 2.19. The fourth-order valence-corrected chi connectivity index (χ4v) is 1.12. The topological polar surface area (TPSA) is 89.4 Å². The van der Waals surface area contributed by atoms with Gasteiger partial charge >= 0.3 is 0 Å². The summed E-state index contributed by atoms with van der Waals surface area (Å²) < 4.78 is 0. The zero-order valence-electron chi connectivity index (χ0n) is 7.75. The second kappa shape index (κ2) is 4.17. The van der Waals surface area contributed by atoms with E-state index in [2.05, 4.69) is 0 Å². The number of non-ortho nitro benzene ring substituents is 1. The zero-order valence-corrected chi connectivity index (χ0v) is 7.75. The SMILES string of the molecule is C[C@H](O)[C@@H](N)c1cccc([N+](=O)[O-])c1. The van der Waals surface area contributed by atoms with Crippen molar-refractivity contribution in [2.75, 3.05) is 0 Å². The highest BCUT2D eigenvalue weighted by molar-refractivity contribution is 5.35. The number of benzene rings is 1. The van der Waals surface area contributed by atoms with Crippen LogP contribution in [0.15, 0.2) is 24.3 Å². The smallest absolute Gasteiger partial charge is 0.269 e. The molecule has 0 amide bonds. The minimum atomic E-state index is -0.725. The van der Waals surface area contributed by atoms with E-state index >= 15 is 0 Å². The van der Waals surface area contributed by atoms with Gasteiger partial charge in [-0.15, -0.1) is 0 Å². The van der Waals surface area contributed by atoms with Gasteiger partial charge in [-0.1, -0.05) is 12.1 Å². The molecule has 0 aliphatic heterocycles. The van der Waals surface area contributed by atoms with Crippen LogP contribution in [0.4, 0.5) is 5.69 Å². The van der Waals surface area contributed by atoms with Crippen LogP contribution in [-0.2, 0) is 0 Å². The van der Waals surface area contributed by atoms with Crippen LogP contribution in [0.3, 0.4) is 0 Å². The Kier molecular flexibility index (Phi) is 3.16. The van der Waals surface area contributed by atoms with Crippen molar-refractivity contribution in [2.24, 2.45) is 5.73 Å². The molecule has 1 aromatic rings. The number of aliphatic hydroxyl groups excluding tert-OH is 1. The van der Waals surface area contributed by atoms with Crippen molar-refractivity contribution in [3.8, 4) is 0 Å². The van der Waals surface area contributed by atoms with E-state index in [9.17, 15) is 15.2 Å². The van der Waals surface area contributed by atoms with E-state index in [-0.39, 0.29) is 5.69 Å². The molecule has 0 heterocycles. The molecule has 0 bridgehead atoms. The Morgan fingerprint density at radius 1 is 1.57 bits per heavy atom. The standard InChI is InChI=1S/C9H12N2O3/c1-6(12)9(10)7-3-2-4-8(5-7)11(13)14/h2-6,9,12H,10H2,1H3/t6-,9+/m0/s1. The molecule has 5 nitrogen and oxygen atoms in total. The largest absolute Gasteiger partial charge is 0.391 e. The van der Waals surface area contributed by atoms with E-state index in [0.717, 1.165) is 0 Å². The molecule has 0 saturated heterocycles. The van der Waals surface area contributed by atoms with E-state index in [4.69, 9.17) is 5.73 Å². The van der Waals surface area contributed by atoms with Crippen molar-refractivity contribution in [2.45, 2.75) is 19.1 Å². The summed E-state index contributed by atoms with van der Waals surface area (Å²) in [6.45, 7) is 1.55. The normalized spacial score (nSPS) is 14.8. The van der Waals surface area contributed by atoms with Gasteiger partial charge < -0.3 is 10.8 Å². The molecule has 0 aromatic heterocycles. The van der Waals surface area contributed by atoms with Gasteiger partial charge in [0.05, 0.1) is 17.1 Å². The predicted octanol–water partition coefficient (Wildman–Crippen LogP) is 0.975. The molecule has 0 spiro atoms. The van der Waals surface area contributed by atoms with E-state index in [0.29, 0.717) is 5.56 Å². The summed E-state index contributed by atoms with van der Waals surface area (Å²) in [5.74, 6) is 0. The third kappa shape index (κ3) is 2.27. The Hall–Kier alpha value is -1.46. The summed E-state index contributed by atoms with van der Waals surface area (Å²) in [6, 6.07) is 5.38. The molecule has 0 radical (unpaired) electrons. The minimum absolute atomic E-state index is 0.0152. The summed E-state index contributed by atoms with van der Waals surface area (Å²) in [4.78, 5) is 9.96. The predicted molar refractivity (Wildman–Crippen MR) is 51.7 cm³/mol. The summed E-state index contributed by atoms with van der Waals surface area (Å²) in [5.41, 5.74) is 6.18. The maximum absolute atomic E-state index is 10.4. The molecule has 14 heavy (non-hydrogen) atoms. The molecule has 0 aliphatic carbocycles. The van der Waals surface area contributed by atoms with Gasteiger partial charge in [-0.2, -0.15) is 0 Å². The molecule has 2 atom stereocenters. The first kappa shape index (κ1) is 10.6. The molecular formula is C9H12N2O3. The average Bonchev–Trinajstić information content (AvgIpc) is 2.16. The fraction of sp³-hybridized carbons (Fsp3) is 0.333. The van der Waals surface area contributed by atoms with Gasteiger partial charge in [0.2, 0.25) is 0 Å². The van der Waals surface area contributed by atoms with Crippen LogP contribution in [-0.4, -0.2) is 16.1 Å². The lowest BCUT2D eigenvalue weighted by molar-refractivity contribution is -0.384. The number of nitro benzene ring substituents is 1. The third-order valence-electron chi connectivity index (χ3n) is 1.99. The van der Waals surface area contributed by atoms with E-state index in [1.54, 1.807) is 19.1 Å². The molecule has 5 heteroatoms. The lowest BCUT2D eigenvalue weighted by atomic mass is 10.0. The fourth-order valence-electron chi connectivity index (χ4n) is 1.12. The lowest BCUT2D eigenvalue weighted by Gasteiger charge is -2.14. The van der Waals surface area contributed by atoms with Crippen molar-refractivity contribution in [1.82, 2.24) is 0 Å². The molecule has 0 fully saturated rings. The summed E-state index contributed by atoms with van der Waals surface area (Å²) >= 11 is 0. The first-order valence-corrected chi connectivity index (χ1v) is 4.20. The van der Waals surface area contributed by atoms with Crippen molar-refractivity contribution in [3.63, 3.8) is 0 Å². The molecule has 0 unspecified atom stereocenters. The number of aliphatic hydroxyl groups is 1. The maximum atomic E-state index is 10.4. The highest BCUT2D eigenvalue weighted by atomic mass is 16.6. The molecule has 1 rings (SSSR count). The van der Waals surface area contributed by atoms with Crippen LogP contribution >= 0.6 is 0 Å². The number of nitro groups is 1. The van der Waals surface area contributed by atoms with Crippen LogP contribution in [0.1, 0.15) is 18.5 Å². The summed E-state index contributed by atoms with van der Waals surface area (Å²) in [6.07, 6.45) is -0.725. The Labute approximate surface area is 81.3 Å². The Balaban J connectivity index is 2.99. The Morgan fingerprint density at radius 2 is 2.21 bits per heavy atom. The number of rotatable bonds is 3. The van der Waals surface area contributed by atoms with E-state index < -0.39 is 17.1 Å². The first-order chi connectivity index (χ1) is 6.52. The monoisotopic (exact) mass is 196 g/mol. The number of hydrogen-bond donors (Lipinski definition) is 2. The maximum Gasteiger partial charge on any atom is 0.269 e. The van der Waals surface area contributed by atoms with Gasteiger partial charge in [0.15, 0.2) is 0 Å². The van der Waals surface area contributed by atoms with Gasteiger partial charge in [0, 0.05) is 12.1 Å². The highest BCUT2D eigenvalue weighted by Gasteiger charge is 2.14. The molecule has 0 aliphatic rings. The minimum Gasteiger partial charge on any atom is -0.391 e. The van der Waals surface area contributed by atoms with E-state index in [1.807, 2.05) is 0 Å². The van der Waals surface area contributed by atoms with Crippen molar-refractivity contribution >= 4 is 5.69 Å². The van der Waals surface area contributed by atoms with Crippen LogP contribution in [0.2, 0.25) is 0 Å². The molecule has 3 N–H and O–H groups in total. The second-order valence-electron chi connectivity index (χ2n) is 3.12. The van der Waals surface area contributed by atoms with Gasteiger partial charge in [-0.25, -0.2) is 0 Å². The van der Waals surface area contributed by atoms with Gasteiger partial charge in [-0.3, -0.25) is 10.1 Å². The van der Waals surface area contributed by atoms with Gasteiger partial charge in [0.1, 0.15) is 0 Å². The lowest BCUT2D eigenvalue weighted by Crippen LogP contribution is -2.23. The second-order valence-corrected chi connectivity index (χ2v) is 3.12. The van der Waals surface area contributed by atoms with Crippen molar-refractivity contribution in [3.05, 3.63) is 39.9 Å². The van der Waals surface area contributed by atoms with Crippen molar-refractivity contribution < 1.29 is 10.0 Å². The van der Waals surface area contributed by atoms with E-state index in [1.165, 1.54) is 12.1 Å². The van der Waals surface area contributed by atoms with Gasteiger partial charge in [0.25, 0.3) is 5.69 Å². The number of nitrogens with zero attached hydrogens (tertiary/aromatic N) is 1. The summed E-state index contributed by atoms with van der Waals surface area (Å²) in [5, 5.41) is 19.7. The quantitative estimate of drug-likeness (QED) is 0.557. The molecule has 1 aromatic carbocycles. The Morgan fingerprint density at radius 3 is 2.71 bits per heavy atom. The first-order valence-electron chi connectivity index (χ1n) is 4.20. The molecule has 76 valence electrons.